The Labute approximate surface area is 111 Å². The van der Waals surface area contributed by atoms with Crippen LogP contribution in [0.2, 0.25) is 0 Å². The monoisotopic (exact) mass is 280 g/mol. The second-order valence-electron chi connectivity index (χ2n) is 3.78. The number of nitro benzene ring substituents is 2. The number of hydrogen-bond donors (Lipinski definition) is 0. The maximum absolute atomic E-state index is 11.1. The van der Waals surface area contributed by atoms with E-state index in [9.17, 15) is 25.0 Å². The summed E-state index contributed by atoms with van der Waals surface area (Å²) < 4.78 is 4.63. The van der Waals surface area contributed by atoms with Gasteiger partial charge in [-0.05, 0) is 0 Å². The zero-order valence-electron chi connectivity index (χ0n) is 9.96. The number of rotatable bonds is 4. The standard InChI is InChI=1S/C10H8N4O6/c15-10-12(1-2-20-10)11-6-7-3-8(13(16)17)5-9(4-7)14(18)19/h3-6H,1-2H2/b11-6+. The molecule has 1 saturated heterocycles. The Morgan fingerprint density at radius 3 is 2.25 bits per heavy atom. The molecule has 0 aliphatic carbocycles. The third kappa shape index (κ3) is 2.85. The van der Waals surface area contributed by atoms with Crippen LogP contribution in [0.3, 0.4) is 0 Å². The minimum absolute atomic E-state index is 0.144. The average Bonchev–Trinajstić information content (AvgIpc) is 2.81. The summed E-state index contributed by atoms with van der Waals surface area (Å²) in [4.78, 5) is 31.0. The number of non-ortho nitro benzene ring substituents is 2. The molecule has 0 saturated carbocycles. The number of carbonyl (C=O) groups excluding carboxylic acids is 1. The molecule has 0 N–H and O–H groups in total. The average molecular weight is 280 g/mol. The summed E-state index contributed by atoms with van der Waals surface area (Å²) in [5, 5.41) is 26.2. The quantitative estimate of drug-likeness (QED) is 0.464. The van der Waals surface area contributed by atoms with Crippen molar-refractivity contribution in [2.45, 2.75) is 0 Å². The first kappa shape index (κ1) is 13.4. The molecule has 0 unspecified atom stereocenters. The van der Waals surface area contributed by atoms with Crippen LogP contribution in [0, 0.1) is 20.2 Å². The van der Waals surface area contributed by atoms with E-state index in [1.54, 1.807) is 0 Å². The first-order chi connectivity index (χ1) is 9.47. The van der Waals surface area contributed by atoms with Crippen molar-refractivity contribution in [1.29, 1.82) is 0 Å². The number of ether oxygens (including phenoxy) is 1. The zero-order valence-corrected chi connectivity index (χ0v) is 9.96. The fraction of sp³-hybridized carbons (Fsp3) is 0.200. The Morgan fingerprint density at radius 1 is 1.20 bits per heavy atom. The minimum atomic E-state index is -0.742. The highest BCUT2D eigenvalue weighted by molar-refractivity contribution is 5.83. The van der Waals surface area contributed by atoms with Gasteiger partial charge in [-0.25, -0.2) is 4.79 Å². The summed E-state index contributed by atoms with van der Waals surface area (Å²) in [7, 11) is 0. The molecule has 1 aliphatic rings. The van der Waals surface area contributed by atoms with Crippen molar-refractivity contribution in [1.82, 2.24) is 5.01 Å². The fourth-order valence-electron chi connectivity index (χ4n) is 1.53. The van der Waals surface area contributed by atoms with Crippen LogP contribution < -0.4 is 0 Å². The van der Waals surface area contributed by atoms with Crippen LogP contribution >= 0.6 is 0 Å². The summed E-state index contributed by atoms with van der Waals surface area (Å²) in [5.74, 6) is 0. The second kappa shape index (κ2) is 5.30. The SMILES string of the molecule is O=C1OCCN1/N=C/c1cc([N+](=O)[O-])cc([N+](=O)[O-])c1. The minimum Gasteiger partial charge on any atom is -0.446 e. The molecule has 0 bridgehead atoms. The lowest BCUT2D eigenvalue weighted by Crippen LogP contribution is -2.17. The molecule has 1 fully saturated rings. The van der Waals surface area contributed by atoms with Crippen LogP contribution in [0.4, 0.5) is 16.2 Å². The maximum Gasteiger partial charge on any atom is 0.430 e. The summed E-state index contributed by atoms with van der Waals surface area (Å²) >= 11 is 0. The zero-order chi connectivity index (χ0) is 14.7. The number of hydrazone groups is 1. The van der Waals surface area contributed by atoms with E-state index in [1.165, 1.54) is 0 Å². The van der Waals surface area contributed by atoms with Crippen molar-refractivity contribution in [3.8, 4) is 0 Å². The van der Waals surface area contributed by atoms with Crippen molar-refractivity contribution in [2.75, 3.05) is 13.2 Å². The first-order valence-corrected chi connectivity index (χ1v) is 5.39. The van der Waals surface area contributed by atoms with E-state index in [0.717, 1.165) is 29.4 Å². The van der Waals surface area contributed by atoms with Gasteiger partial charge in [0, 0.05) is 17.7 Å². The van der Waals surface area contributed by atoms with Crippen molar-refractivity contribution in [3.63, 3.8) is 0 Å². The van der Waals surface area contributed by atoms with Gasteiger partial charge < -0.3 is 4.74 Å². The molecule has 0 radical (unpaired) electrons. The lowest BCUT2D eigenvalue weighted by Gasteiger charge is -2.03. The Bertz CT molecular complexity index is 582. The van der Waals surface area contributed by atoms with Gasteiger partial charge in [-0.15, -0.1) is 0 Å². The van der Waals surface area contributed by atoms with E-state index < -0.39 is 27.3 Å². The van der Waals surface area contributed by atoms with Crippen molar-refractivity contribution in [2.24, 2.45) is 5.10 Å². The molecule has 1 heterocycles. The van der Waals surface area contributed by atoms with E-state index in [4.69, 9.17) is 0 Å². The lowest BCUT2D eigenvalue weighted by atomic mass is 10.2. The van der Waals surface area contributed by atoms with E-state index in [-0.39, 0.29) is 18.7 Å². The number of nitro groups is 2. The van der Waals surface area contributed by atoms with Crippen LogP contribution in [-0.2, 0) is 4.74 Å². The Morgan fingerprint density at radius 2 is 1.80 bits per heavy atom. The third-order valence-electron chi connectivity index (χ3n) is 2.43. The maximum atomic E-state index is 11.1. The van der Waals surface area contributed by atoms with Gasteiger partial charge in [-0.3, -0.25) is 20.2 Å². The van der Waals surface area contributed by atoms with E-state index in [2.05, 4.69) is 9.84 Å². The lowest BCUT2D eigenvalue weighted by molar-refractivity contribution is -0.394. The number of benzene rings is 1. The van der Waals surface area contributed by atoms with Gasteiger partial charge in [0.2, 0.25) is 0 Å². The predicted octanol–water partition coefficient (Wildman–Crippen LogP) is 1.29. The largest absolute Gasteiger partial charge is 0.446 e. The number of nitrogens with zero attached hydrogens (tertiary/aromatic N) is 4. The summed E-state index contributed by atoms with van der Waals surface area (Å²) in [6.45, 7) is 0.456. The third-order valence-corrected chi connectivity index (χ3v) is 2.43. The molecule has 1 aromatic rings. The molecule has 0 aromatic heterocycles. The second-order valence-corrected chi connectivity index (χ2v) is 3.78. The molecule has 0 spiro atoms. The first-order valence-electron chi connectivity index (χ1n) is 5.39. The van der Waals surface area contributed by atoms with Gasteiger partial charge in [0.05, 0.1) is 28.7 Å². The van der Waals surface area contributed by atoms with Gasteiger partial charge in [0.1, 0.15) is 6.61 Å². The topological polar surface area (TPSA) is 128 Å². The molecule has 20 heavy (non-hydrogen) atoms. The van der Waals surface area contributed by atoms with Crippen molar-refractivity contribution in [3.05, 3.63) is 44.0 Å². The summed E-state index contributed by atoms with van der Waals surface area (Å²) in [6, 6.07) is 3.09. The molecule has 2 rings (SSSR count). The van der Waals surface area contributed by atoms with Crippen molar-refractivity contribution < 1.29 is 19.4 Å². The van der Waals surface area contributed by atoms with Crippen LogP contribution in [0.5, 0.6) is 0 Å². The highest BCUT2D eigenvalue weighted by Gasteiger charge is 2.21. The van der Waals surface area contributed by atoms with Gasteiger partial charge in [0.25, 0.3) is 11.4 Å². The van der Waals surface area contributed by atoms with E-state index >= 15 is 0 Å². The smallest absolute Gasteiger partial charge is 0.430 e. The highest BCUT2D eigenvalue weighted by atomic mass is 16.6. The van der Waals surface area contributed by atoms with Crippen LogP contribution in [-0.4, -0.2) is 40.3 Å². The molecular weight excluding hydrogens is 272 g/mol. The highest BCUT2D eigenvalue weighted by Crippen LogP contribution is 2.21. The molecule has 10 nitrogen and oxygen atoms in total. The van der Waals surface area contributed by atoms with Crippen molar-refractivity contribution >= 4 is 23.7 Å². The number of amides is 1. The summed E-state index contributed by atoms with van der Waals surface area (Å²) in [5.41, 5.74) is -0.708. The molecule has 1 aromatic carbocycles. The van der Waals surface area contributed by atoms with Crippen LogP contribution in [0.1, 0.15) is 5.56 Å². The molecule has 104 valence electrons. The number of carbonyl (C=O) groups is 1. The normalized spacial score (nSPS) is 14.6. The number of cyclic esters (lactones) is 1. The van der Waals surface area contributed by atoms with Gasteiger partial charge >= 0.3 is 6.09 Å². The molecule has 1 amide bonds. The Hall–Kier alpha value is -3.04. The Balaban J connectivity index is 2.30. The predicted molar refractivity (Wildman–Crippen MR) is 65.4 cm³/mol. The van der Waals surface area contributed by atoms with E-state index in [0.29, 0.717) is 0 Å². The number of hydrogen-bond acceptors (Lipinski definition) is 7. The van der Waals surface area contributed by atoms with Crippen LogP contribution in [0.15, 0.2) is 23.3 Å². The molecular formula is C10H8N4O6. The summed E-state index contributed by atoms with van der Waals surface area (Å²) in [6.07, 6.45) is 0.494. The molecule has 10 heteroatoms. The fourth-order valence-corrected chi connectivity index (χ4v) is 1.53. The Kier molecular flexibility index (Phi) is 3.55. The van der Waals surface area contributed by atoms with E-state index in [1.807, 2.05) is 0 Å². The van der Waals surface area contributed by atoms with Gasteiger partial charge in [-0.2, -0.15) is 10.1 Å². The van der Waals surface area contributed by atoms with Gasteiger partial charge in [0.15, 0.2) is 0 Å². The molecule has 0 atom stereocenters. The van der Waals surface area contributed by atoms with Crippen LogP contribution in [0.25, 0.3) is 0 Å². The van der Waals surface area contributed by atoms with Gasteiger partial charge in [-0.1, -0.05) is 0 Å². The molecule has 1 aliphatic heterocycles.